The molecule has 0 aromatic carbocycles. The smallest absolute Gasteiger partial charge is 0.137 e. The molecule has 0 amide bonds. The van der Waals surface area contributed by atoms with Gasteiger partial charge in [0.2, 0.25) is 0 Å². The van der Waals surface area contributed by atoms with Gasteiger partial charge in [-0.1, -0.05) is 24.9 Å². The Morgan fingerprint density at radius 3 is 2.88 bits per heavy atom. The zero-order chi connectivity index (χ0) is 16.9. The predicted molar refractivity (Wildman–Crippen MR) is 94.8 cm³/mol. The van der Waals surface area contributed by atoms with Gasteiger partial charge >= 0.3 is 0 Å². The molecule has 3 heterocycles. The zero-order valence-corrected chi connectivity index (χ0v) is 15.3. The molecule has 1 atom stereocenters. The van der Waals surface area contributed by atoms with Crippen LogP contribution < -0.4 is 0 Å². The molecule has 0 spiro atoms. The van der Waals surface area contributed by atoms with Crippen LogP contribution in [-0.2, 0) is 19.5 Å². The maximum Gasteiger partial charge on any atom is 0.137 e. The van der Waals surface area contributed by atoms with Crippen LogP contribution >= 0.6 is 0 Å². The number of likely N-dealkylation sites (tertiary alicyclic amines) is 1. The summed E-state index contributed by atoms with van der Waals surface area (Å²) >= 11 is 0. The Morgan fingerprint density at radius 1 is 1.25 bits per heavy atom. The van der Waals surface area contributed by atoms with Crippen molar-refractivity contribution in [3.8, 4) is 0 Å². The van der Waals surface area contributed by atoms with E-state index in [1.54, 1.807) is 0 Å². The topological polar surface area (TPSA) is 47.1 Å². The molecule has 1 aliphatic heterocycles. The van der Waals surface area contributed by atoms with Gasteiger partial charge in [-0.25, -0.2) is 0 Å². The second-order valence-electron chi connectivity index (χ2n) is 6.90. The second kappa shape index (κ2) is 7.97. The quantitative estimate of drug-likeness (QED) is 0.793. The summed E-state index contributed by atoms with van der Waals surface area (Å²) in [6.07, 6.45) is 9.27. The van der Waals surface area contributed by atoms with Crippen LogP contribution in [0.25, 0.3) is 0 Å². The summed E-state index contributed by atoms with van der Waals surface area (Å²) in [4.78, 5) is 2.57. The Hall–Kier alpha value is -1.62. The zero-order valence-electron chi connectivity index (χ0n) is 15.3. The van der Waals surface area contributed by atoms with Crippen molar-refractivity contribution in [2.24, 2.45) is 0 Å². The monoisotopic (exact) mass is 330 g/mol. The van der Waals surface area contributed by atoms with E-state index in [1.807, 2.05) is 4.68 Å². The fraction of sp³-hybridized carbons (Fsp3) is 0.684. The molecule has 5 nitrogen and oxygen atoms in total. The molecule has 2 aromatic rings. The first-order valence-electron chi connectivity index (χ1n) is 9.43. The Labute approximate surface area is 145 Å². The number of hydrogen-bond acceptors (Lipinski definition) is 4. The summed E-state index contributed by atoms with van der Waals surface area (Å²) in [6.45, 7) is 9.42. The predicted octanol–water partition coefficient (Wildman–Crippen LogP) is 4.27. The number of aromatic nitrogens is 3. The van der Waals surface area contributed by atoms with E-state index in [4.69, 9.17) is 4.52 Å². The SMILES string of the molecule is CCCc1cc([C@@H]2CCCCCN2Cc2cn(CC)nc2C)no1. The van der Waals surface area contributed by atoms with Crippen molar-refractivity contribution >= 4 is 0 Å². The fourth-order valence-electron chi connectivity index (χ4n) is 3.64. The van der Waals surface area contributed by atoms with Gasteiger partial charge in [-0.2, -0.15) is 5.10 Å². The Bertz CT molecular complexity index is 646. The second-order valence-corrected chi connectivity index (χ2v) is 6.90. The van der Waals surface area contributed by atoms with E-state index >= 15 is 0 Å². The highest BCUT2D eigenvalue weighted by molar-refractivity contribution is 5.17. The van der Waals surface area contributed by atoms with E-state index in [1.165, 1.54) is 31.2 Å². The Morgan fingerprint density at radius 2 is 2.12 bits per heavy atom. The highest BCUT2D eigenvalue weighted by atomic mass is 16.5. The highest BCUT2D eigenvalue weighted by Crippen LogP contribution is 2.31. The molecule has 1 aliphatic rings. The van der Waals surface area contributed by atoms with Gasteiger partial charge in [0.05, 0.1) is 11.7 Å². The van der Waals surface area contributed by atoms with Gasteiger partial charge in [0.25, 0.3) is 0 Å². The van der Waals surface area contributed by atoms with Gasteiger partial charge in [0, 0.05) is 37.3 Å². The Kier molecular flexibility index (Phi) is 5.72. The minimum absolute atomic E-state index is 0.367. The number of rotatable bonds is 6. The normalized spacial score (nSPS) is 19.5. The third-order valence-corrected chi connectivity index (χ3v) is 5.02. The number of nitrogens with zero attached hydrogens (tertiary/aromatic N) is 4. The van der Waals surface area contributed by atoms with E-state index in [-0.39, 0.29) is 0 Å². The van der Waals surface area contributed by atoms with Gasteiger partial charge < -0.3 is 4.52 Å². The van der Waals surface area contributed by atoms with Crippen LogP contribution in [0.2, 0.25) is 0 Å². The average molecular weight is 330 g/mol. The van der Waals surface area contributed by atoms with Gasteiger partial charge in [0.1, 0.15) is 11.5 Å². The lowest BCUT2D eigenvalue weighted by atomic mass is 10.1. The van der Waals surface area contributed by atoms with Crippen LogP contribution in [0.15, 0.2) is 16.8 Å². The van der Waals surface area contributed by atoms with Crippen LogP contribution in [0.5, 0.6) is 0 Å². The third kappa shape index (κ3) is 3.89. The minimum atomic E-state index is 0.367. The molecule has 0 radical (unpaired) electrons. The first-order valence-corrected chi connectivity index (χ1v) is 9.43. The van der Waals surface area contributed by atoms with E-state index in [2.05, 4.69) is 48.2 Å². The molecule has 0 unspecified atom stereocenters. The molecule has 0 saturated carbocycles. The van der Waals surface area contributed by atoms with Crippen molar-refractivity contribution in [3.05, 3.63) is 35.0 Å². The summed E-state index contributed by atoms with van der Waals surface area (Å²) in [5, 5.41) is 9.00. The van der Waals surface area contributed by atoms with Crippen LogP contribution in [0.1, 0.15) is 74.7 Å². The minimum Gasteiger partial charge on any atom is -0.361 e. The summed E-state index contributed by atoms with van der Waals surface area (Å²) in [5.41, 5.74) is 3.59. The van der Waals surface area contributed by atoms with Gasteiger partial charge in [-0.15, -0.1) is 0 Å². The summed E-state index contributed by atoms with van der Waals surface area (Å²) < 4.78 is 7.58. The lowest BCUT2D eigenvalue weighted by Crippen LogP contribution is -2.28. The van der Waals surface area contributed by atoms with Crippen LogP contribution in [0.3, 0.4) is 0 Å². The third-order valence-electron chi connectivity index (χ3n) is 5.02. The first-order chi connectivity index (χ1) is 11.7. The van der Waals surface area contributed by atoms with Crippen molar-refractivity contribution in [2.75, 3.05) is 6.54 Å². The molecule has 1 fully saturated rings. The van der Waals surface area contributed by atoms with Crippen LogP contribution in [0, 0.1) is 6.92 Å². The lowest BCUT2D eigenvalue weighted by Gasteiger charge is -2.28. The lowest BCUT2D eigenvalue weighted by molar-refractivity contribution is 0.183. The maximum absolute atomic E-state index is 5.55. The molecular formula is C19H30N4O. The molecule has 0 aliphatic carbocycles. The molecule has 5 heteroatoms. The molecule has 24 heavy (non-hydrogen) atoms. The summed E-state index contributed by atoms with van der Waals surface area (Å²) in [6, 6.07) is 2.54. The molecule has 2 aromatic heterocycles. The molecule has 1 saturated heterocycles. The van der Waals surface area contributed by atoms with Crippen molar-refractivity contribution in [1.29, 1.82) is 0 Å². The summed E-state index contributed by atoms with van der Waals surface area (Å²) in [5.74, 6) is 1.02. The van der Waals surface area contributed by atoms with E-state index in [0.29, 0.717) is 6.04 Å². The van der Waals surface area contributed by atoms with Crippen molar-refractivity contribution in [2.45, 2.75) is 78.4 Å². The standard InChI is InChI=1S/C19H30N4O/c1-4-9-17-12-18(21-24-17)19-10-7-6-8-11-22(19)13-16-14-23(5-2)20-15(16)3/h12,14,19H,4-11,13H2,1-3H3/t19-/m0/s1. The van der Waals surface area contributed by atoms with E-state index in [9.17, 15) is 0 Å². The van der Waals surface area contributed by atoms with Crippen molar-refractivity contribution in [1.82, 2.24) is 19.8 Å². The van der Waals surface area contributed by atoms with Gasteiger partial charge in [-0.3, -0.25) is 9.58 Å². The van der Waals surface area contributed by atoms with Crippen molar-refractivity contribution < 1.29 is 4.52 Å². The Balaban J connectivity index is 1.79. The molecule has 0 bridgehead atoms. The van der Waals surface area contributed by atoms with Gasteiger partial charge in [0.15, 0.2) is 0 Å². The van der Waals surface area contributed by atoms with E-state index < -0.39 is 0 Å². The average Bonchev–Trinajstić information content (AvgIpc) is 3.10. The van der Waals surface area contributed by atoms with E-state index in [0.717, 1.165) is 49.6 Å². The highest BCUT2D eigenvalue weighted by Gasteiger charge is 2.26. The van der Waals surface area contributed by atoms with Crippen LogP contribution in [-0.4, -0.2) is 26.4 Å². The molecule has 0 N–H and O–H groups in total. The van der Waals surface area contributed by atoms with Gasteiger partial charge in [-0.05, 0) is 39.7 Å². The molecular weight excluding hydrogens is 300 g/mol. The number of aryl methyl sites for hydroxylation is 3. The van der Waals surface area contributed by atoms with Crippen molar-refractivity contribution in [3.63, 3.8) is 0 Å². The maximum atomic E-state index is 5.55. The fourth-order valence-corrected chi connectivity index (χ4v) is 3.64. The van der Waals surface area contributed by atoms with Crippen LogP contribution in [0.4, 0.5) is 0 Å². The summed E-state index contributed by atoms with van der Waals surface area (Å²) in [7, 11) is 0. The largest absolute Gasteiger partial charge is 0.361 e. The first kappa shape index (κ1) is 17.2. The molecule has 3 rings (SSSR count). The number of hydrogen-bond donors (Lipinski definition) is 0. The molecule has 132 valence electrons.